The van der Waals surface area contributed by atoms with E-state index in [0.29, 0.717) is 23.9 Å². The largest absolute Gasteiger partial charge is 0.497 e. The summed E-state index contributed by atoms with van der Waals surface area (Å²) in [7, 11) is 1.70. The first-order valence-corrected chi connectivity index (χ1v) is 10.3. The first-order chi connectivity index (χ1) is 13.1. The van der Waals surface area contributed by atoms with Gasteiger partial charge in [0.05, 0.1) is 13.2 Å². The lowest BCUT2D eigenvalue weighted by atomic mass is 9.93. The van der Waals surface area contributed by atoms with Crippen LogP contribution < -0.4 is 15.6 Å². The maximum Gasteiger partial charge on any atom is 0.118 e. The molecule has 3 atom stereocenters. The molecule has 0 amide bonds. The molecule has 6 nitrogen and oxygen atoms in total. The van der Waals surface area contributed by atoms with Crippen molar-refractivity contribution >= 4 is 0 Å². The van der Waals surface area contributed by atoms with E-state index in [0.717, 1.165) is 51.4 Å². The maximum absolute atomic E-state index is 9.50. The van der Waals surface area contributed by atoms with E-state index < -0.39 is 0 Å². The van der Waals surface area contributed by atoms with Crippen molar-refractivity contribution in [2.75, 3.05) is 53.0 Å². The Morgan fingerprint density at radius 2 is 2.00 bits per heavy atom. The molecule has 2 heterocycles. The molecule has 1 aromatic rings. The molecule has 3 rings (SSSR count). The van der Waals surface area contributed by atoms with Gasteiger partial charge in [-0.25, -0.2) is 5.43 Å². The number of hydrogen-bond donors (Lipinski definition) is 3. The highest BCUT2D eigenvalue weighted by atomic mass is 16.5. The monoisotopic (exact) mass is 376 g/mol. The van der Waals surface area contributed by atoms with Crippen molar-refractivity contribution in [2.24, 2.45) is 11.8 Å². The Hall–Kier alpha value is -1.18. The van der Waals surface area contributed by atoms with E-state index in [1.165, 1.54) is 5.56 Å². The second-order valence-corrected chi connectivity index (χ2v) is 8.35. The summed E-state index contributed by atoms with van der Waals surface area (Å²) in [4.78, 5) is 5.16. The molecule has 0 aromatic heterocycles. The molecule has 152 valence electrons. The van der Waals surface area contributed by atoms with E-state index in [4.69, 9.17) is 4.74 Å². The van der Waals surface area contributed by atoms with E-state index in [-0.39, 0.29) is 6.61 Å². The van der Waals surface area contributed by atoms with Gasteiger partial charge in [0.2, 0.25) is 0 Å². The molecule has 0 spiro atoms. The molecule has 3 unspecified atom stereocenters. The van der Waals surface area contributed by atoms with Crippen LogP contribution >= 0.6 is 0 Å². The molecule has 3 N–H and O–H groups in total. The van der Waals surface area contributed by atoms with Crippen molar-refractivity contribution < 1.29 is 9.84 Å². The molecular formula is C21H36N4O2. The van der Waals surface area contributed by atoms with Crippen molar-refractivity contribution in [1.29, 1.82) is 0 Å². The summed E-state index contributed by atoms with van der Waals surface area (Å²) < 4.78 is 5.28. The number of aliphatic hydroxyl groups is 1. The average Bonchev–Trinajstić information content (AvgIpc) is 3.12. The third-order valence-corrected chi connectivity index (χ3v) is 5.81. The SMILES string of the molecule is COc1ccc(C2NNCC2CN2CCN(CC(C)C)C(CCO)C2)cc1. The van der Waals surface area contributed by atoms with Gasteiger partial charge in [-0.3, -0.25) is 10.3 Å². The van der Waals surface area contributed by atoms with Gasteiger partial charge in [0.25, 0.3) is 0 Å². The summed E-state index contributed by atoms with van der Waals surface area (Å²) in [6.45, 7) is 11.3. The van der Waals surface area contributed by atoms with Crippen molar-refractivity contribution in [1.82, 2.24) is 20.7 Å². The van der Waals surface area contributed by atoms with Crippen LogP contribution in [0.1, 0.15) is 31.9 Å². The summed E-state index contributed by atoms with van der Waals surface area (Å²) in [5.41, 5.74) is 8.11. The number of ether oxygens (including phenoxy) is 1. The molecule has 1 aromatic carbocycles. The Balaban J connectivity index is 1.60. The number of nitrogens with one attached hydrogen (secondary N) is 2. The molecule has 2 saturated heterocycles. The molecule has 2 aliphatic heterocycles. The first kappa shape index (κ1) is 20.6. The molecule has 0 bridgehead atoms. The van der Waals surface area contributed by atoms with Crippen LogP contribution in [0.25, 0.3) is 0 Å². The molecule has 0 saturated carbocycles. The number of hydrazine groups is 1. The molecule has 6 heteroatoms. The first-order valence-electron chi connectivity index (χ1n) is 10.3. The van der Waals surface area contributed by atoms with Gasteiger partial charge < -0.3 is 14.7 Å². The Labute approximate surface area is 163 Å². The van der Waals surface area contributed by atoms with E-state index in [1.807, 2.05) is 12.1 Å². The maximum atomic E-state index is 9.50. The number of benzene rings is 1. The number of rotatable bonds is 8. The lowest BCUT2D eigenvalue weighted by Crippen LogP contribution is -2.55. The number of piperazine rings is 1. The Bertz CT molecular complexity index is 566. The Morgan fingerprint density at radius 3 is 2.67 bits per heavy atom. The number of hydrogen-bond acceptors (Lipinski definition) is 6. The summed E-state index contributed by atoms with van der Waals surface area (Å²) >= 11 is 0. The third-order valence-electron chi connectivity index (χ3n) is 5.81. The van der Waals surface area contributed by atoms with Crippen LogP contribution in [0.3, 0.4) is 0 Å². The van der Waals surface area contributed by atoms with E-state index in [9.17, 15) is 5.11 Å². The molecule has 0 aliphatic carbocycles. The second-order valence-electron chi connectivity index (χ2n) is 8.35. The quantitative estimate of drug-likeness (QED) is 0.639. The van der Waals surface area contributed by atoms with Crippen molar-refractivity contribution in [3.8, 4) is 5.75 Å². The minimum absolute atomic E-state index is 0.272. The standard InChI is InChI=1S/C21H36N4O2/c1-16(2)13-25-10-9-24(15-19(25)8-11-26)14-18-12-22-23-21(18)17-4-6-20(27-3)7-5-17/h4-7,16,18-19,21-23,26H,8-15H2,1-3H3. The van der Waals surface area contributed by atoms with Gasteiger partial charge in [-0.2, -0.15) is 0 Å². The molecule has 0 radical (unpaired) electrons. The number of methoxy groups -OCH3 is 1. The average molecular weight is 377 g/mol. The Morgan fingerprint density at radius 1 is 1.22 bits per heavy atom. The molecule has 2 aliphatic rings. The van der Waals surface area contributed by atoms with Crippen molar-refractivity contribution in [3.63, 3.8) is 0 Å². The highest BCUT2D eigenvalue weighted by Crippen LogP contribution is 2.28. The van der Waals surface area contributed by atoms with E-state index >= 15 is 0 Å². The molecular weight excluding hydrogens is 340 g/mol. The van der Waals surface area contributed by atoms with Gasteiger partial charge in [0.15, 0.2) is 0 Å². The zero-order chi connectivity index (χ0) is 19.2. The van der Waals surface area contributed by atoms with Gasteiger partial charge in [0, 0.05) is 57.8 Å². The normalized spacial score (nSPS) is 27.4. The van der Waals surface area contributed by atoms with Crippen LogP contribution in [0, 0.1) is 11.8 Å². The minimum Gasteiger partial charge on any atom is -0.497 e. The van der Waals surface area contributed by atoms with Crippen LogP contribution in [-0.2, 0) is 0 Å². The van der Waals surface area contributed by atoms with E-state index in [1.54, 1.807) is 7.11 Å². The lowest BCUT2D eigenvalue weighted by molar-refractivity contribution is 0.0436. The number of nitrogens with zero attached hydrogens (tertiary/aromatic N) is 2. The van der Waals surface area contributed by atoms with Gasteiger partial charge in [-0.05, 0) is 30.0 Å². The van der Waals surface area contributed by atoms with Crippen LogP contribution in [0.2, 0.25) is 0 Å². The topological polar surface area (TPSA) is 60.0 Å². The van der Waals surface area contributed by atoms with Gasteiger partial charge in [-0.15, -0.1) is 0 Å². The zero-order valence-electron chi connectivity index (χ0n) is 17.0. The van der Waals surface area contributed by atoms with Gasteiger partial charge in [0.1, 0.15) is 5.75 Å². The summed E-state index contributed by atoms with van der Waals surface area (Å²) in [5.74, 6) is 2.10. The van der Waals surface area contributed by atoms with Crippen LogP contribution in [0.5, 0.6) is 5.75 Å². The van der Waals surface area contributed by atoms with Crippen LogP contribution in [-0.4, -0.2) is 73.9 Å². The summed E-state index contributed by atoms with van der Waals surface area (Å²) in [6.07, 6.45) is 0.867. The summed E-state index contributed by atoms with van der Waals surface area (Å²) in [6, 6.07) is 9.17. The van der Waals surface area contributed by atoms with Crippen molar-refractivity contribution in [2.45, 2.75) is 32.4 Å². The zero-order valence-corrected chi connectivity index (χ0v) is 17.0. The fourth-order valence-corrected chi connectivity index (χ4v) is 4.46. The van der Waals surface area contributed by atoms with Gasteiger partial charge in [-0.1, -0.05) is 26.0 Å². The highest BCUT2D eigenvalue weighted by molar-refractivity contribution is 5.30. The smallest absolute Gasteiger partial charge is 0.118 e. The Kier molecular flexibility index (Phi) is 7.49. The lowest BCUT2D eigenvalue weighted by Gasteiger charge is -2.43. The van der Waals surface area contributed by atoms with Crippen LogP contribution in [0.4, 0.5) is 0 Å². The minimum atomic E-state index is 0.272. The predicted octanol–water partition coefficient (Wildman–Crippen LogP) is 1.48. The highest BCUT2D eigenvalue weighted by Gasteiger charge is 2.33. The number of aliphatic hydroxyl groups excluding tert-OH is 1. The van der Waals surface area contributed by atoms with E-state index in [2.05, 4.69) is 46.6 Å². The summed E-state index contributed by atoms with van der Waals surface area (Å²) in [5, 5.41) is 9.50. The van der Waals surface area contributed by atoms with Crippen LogP contribution in [0.15, 0.2) is 24.3 Å². The fraction of sp³-hybridized carbons (Fsp3) is 0.714. The molecule has 2 fully saturated rings. The third kappa shape index (κ3) is 5.42. The van der Waals surface area contributed by atoms with Crippen molar-refractivity contribution in [3.05, 3.63) is 29.8 Å². The second kappa shape index (κ2) is 9.85. The molecule has 27 heavy (non-hydrogen) atoms. The van der Waals surface area contributed by atoms with Gasteiger partial charge >= 0.3 is 0 Å². The predicted molar refractivity (Wildman–Crippen MR) is 109 cm³/mol. The fourth-order valence-electron chi connectivity index (χ4n) is 4.46.